The summed E-state index contributed by atoms with van der Waals surface area (Å²) in [6.07, 6.45) is 4.56. The quantitative estimate of drug-likeness (QED) is 0.801. The fourth-order valence-corrected chi connectivity index (χ4v) is 2.81. The van der Waals surface area contributed by atoms with Crippen LogP contribution in [0.1, 0.15) is 25.8 Å². The highest BCUT2D eigenvalue weighted by molar-refractivity contribution is 5.73. The largest absolute Gasteiger partial charge is 0.379 e. The molecule has 1 aromatic rings. The van der Waals surface area contributed by atoms with Crippen LogP contribution in [0.2, 0.25) is 0 Å². The number of urea groups is 1. The number of amides is 2. The maximum Gasteiger partial charge on any atom is 0.315 e. The maximum atomic E-state index is 12.0. The zero-order chi connectivity index (χ0) is 16.5. The molecule has 0 aliphatic carbocycles. The van der Waals surface area contributed by atoms with Gasteiger partial charge in [-0.3, -0.25) is 9.88 Å². The minimum atomic E-state index is -0.129. The predicted molar refractivity (Wildman–Crippen MR) is 90.1 cm³/mol. The van der Waals surface area contributed by atoms with Crippen molar-refractivity contribution in [3.8, 4) is 0 Å². The van der Waals surface area contributed by atoms with Crippen LogP contribution in [0.15, 0.2) is 24.5 Å². The molecule has 1 aliphatic heterocycles. The summed E-state index contributed by atoms with van der Waals surface area (Å²) in [5, 5.41) is 5.88. The minimum absolute atomic E-state index is 0.129. The van der Waals surface area contributed by atoms with Crippen LogP contribution in [0.5, 0.6) is 0 Å². The van der Waals surface area contributed by atoms with Crippen molar-refractivity contribution in [1.82, 2.24) is 20.5 Å². The lowest BCUT2D eigenvalue weighted by atomic mass is 10.0. The second kappa shape index (κ2) is 9.47. The van der Waals surface area contributed by atoms with Crippen molar-refractivity contribution in [2.45, 2.75) is 32.9 Å². The zero-order valence-corrected chi connectivity index (χ0v) is 14.1. The Morgan fingerprint density at radius 2 is 2.13 bits per heavy atom. The van der Waals surface area contributed by atoms with Crippen molar-refractivity contribution < 1.29 is 9.53 Å². The lowest BCUT2D eigenvalue weighted by Crippen LogP contribution is -2.50. The normalized spacial score (nSPS) is 17.0. The number of hydrogen-bond acceptors (Lipinski definition) is 4. The van der Waals surface area contributed by atoms with E-state index in [9.17, 15) is 4.79 Å². The van der Waals surface area contributed by atoms with Crippen molar-refractivity contribution >= 4 is 6.03 Å². The van der Waals surface area contributed by atoms with Gasteiger partial charge in [0, 0.05) is 44.6 Å². The van der Waals surface area contributed by atoms with Crippen LogP contribution >= 0.6 is 0 Å². The minimum Gasteiger partial charge on any atom is -0.379 e. The molecule has 2 amide bonds. The third-order valence-electron chi connectivity index (χ3n) is 3.98. The lowest BCUT2D eigenvalue weighted by molar-refractivity contribution is 0.0129. The van der Waals surface area contributed by atoms with Crippen LogP contribution in [-0.4, -0.2) is 54.8 Å². The van der Waals surface area contributed by atoms with Gasteiger partial charge in [0.05, 0.1) is 13.2 Å². The van der Waals surface area contributed by atoms with Crippen LogP contribution in [0, 0.1) is 5.92 Å². The van der Waals surface area contributed by atoms with E-state index in [1.165, 1.54) is 0 Å². The van der Waals surface area contributed by atoms with Crippen LogP contribution in [-0.2, 0) is 11.3 Å². The molecular weight excluding hydrogens is 292 g/mol. The van der Waals surface area contributed by atoms with Crippen molar-refractivity contribution in [2.75, 3.05) is 32.8 Å². The first-order chi connectivity index (χ1) is 11.1. The zero-order valence-electron chi connectivity index (χ0n) is 14.1. The Labute approximate surface area is 138 Å². The van der Waals surface area contributed by atoms with Gasteiger partial charge in [-0.15, -0.1) is 0 Å². The van der Waals surface area contributed by atoms with Crippen LogP contribution < -0.4 is 10.6 Å². The smallest absolute Gasteiger partial charge is 0.315 e. The van der Waals surface area contributed by atoms with Gasteiger partial charge in [0.2, 0.25) is 0 Å². The molecule has 1 saturated heterocycles. The van der Waals surface area contributed by atoms with Gasteiger partial charge in [-0.05, 0) is 24.0 Å². The van der Waals surface area contributed by atoms with Crippen molar-refractivity contribution in [3.63, 3.8) is 0 Å². The van der Waals surface area contributed by atoms with Gasteiger partial charge in [0.15, 0.2) is 0 Å². The monoisotopic (exact) mass is 320 g/mol. The Balaban J connectivity index is 1.76. The van der Waals surface area contributed by atoms with Crippen LogP contribution in [0.3, 0.4) is 0 Å². The van der Waals surface area contributed by atoms with Gasteiger partial charge >= 0.3 is 6.03 Å². The number of nitrogens with zero attached hydrogens (tertiary/aromatic N) is 2. The Morgan fingerprint density at radius 3 is 2.78 bits per heavy atom. The number of pyridine rings is 1. The molecule has 1 atom stereocenters. The highest BCUT2D eigenvalue weighted by Gasteiger charge is 2.22. The fourth-order valence-electron chi connectivity index (χ4n) is 2.81. The van der Waals surface area contributed by atoms with E-state index in [1.807, 2.05) is 12.1 Å². The van der Waals surface area contributed by atoms with Crippen LogP contribution in [0.4, 0.5) is 4.79 Å². The summed E-state index contributed by atoms with van der Waals surface area (Å²) < 4.78 is 5.42. The molecule has 0 saturated carbocycles. The number of morpholine rings is 1. The molecule has 1 fully saturated rings. The summed E-state index contributed by atoms with van der Waals surface area (Å²) in [6, 6.07) is 4.05. The first kappa shape index (κ1) is 17.7. The summed E-state index contributed by atoms with van der Waals surface area (Å²) in [5.41, 5.74) is 0.995. The molecule has 0 spiro atoms. The van der Waals surface area contributed by atoms with Gasteiger partial charge in [0.25, 0.3) is 0 Å². The molecule has 128 valence electrons. The molecular formula is C17H28N4O2. The van der Waals surface area contributed by atoms with E-state index >= 15 is 0 Å². The average molecular weight is 320 g/mol. The number of carbonyl (C=O) groups is 1. The van der Waals surface area contributed by atoms with E-state index in [0.717, 1.165) is 38.3 Å². The Hall–Kier alpha value is -1.66. The highest BCUT2D eigenvalue weighted by Crippen LogP contribution is 2.12. The van der Waals surface area contributed by atoms with Crippen LogP contribution in [0.25, 0.3) is 0 Å². The van der Waals surface area contributed by atoms with Crippen molar-refractivity contribution in [3.05, 3.63) is 30.1 Å². The molecule has 6 heteroatoms. The fraction of sp³-hybridized carbons (Fsp3) is 0.647. The molecule has 23 heavy (non-hydrogen) atoms. The van der Waals surface area contributed by atoms with E-state index in [0.29, 0.717) is 25.0 Å². The molecule has 6 nitrogen and oxygen atoms in total. The second-order valence-electron chi connectivity index (χ2n) is 6.36. The third kappa shape index (κ3) is 6.54. The maximum absolute atomic E-state index is 12.0. The molecule has 1 aliphatic rings. The molecule has 0 aromatic carbocycles. The van der Waals surface area contributed by atoms with E-state index in [1.54, 1.807) is 12.4 Å². The van der Waals surface area contributed by atoms with Gasteiger partial charge < -0.3 is 15.4 Å². The Bertz CT molecular complexity index is 461. The van der Waals surface area contributed by atoms with Gasteiger partial charge in [-0.2, -0.15) is 0 Å². The van der Waals surface area contributed by atoms with Gasteiger partial charge in [-0.25, -0.2) is 4.79 Å². The van der Waals surface area contributed by atoms with Gasteiger partial charge in [0.1, 0.15) is 0 Å². The Morgan fingerprint density at radius 1 is 1.35 bits per heavy atom. The number of nitrogens with one attached hydrogen (secondary N) is 2. The first-order valence-corrected chi connectivity index (χ1v) is 8.37. The molecule has 0 radical (unpaired) electrons. The third-order valence-corrected chi connectivity index (χ3v) is 3.98. The highest BCUT2D eigenvalue weighted by atomic mass is 16.5. The predicted octanol–water partition coefficient (Wildman–Crippen LogP) is 1.63. The topological polar surface area (TPSA) is 66.5 Å². The molecule has 2 N–H and O–H groups in total. The standard InChI is InChI=1S/C17H28N4O2/c1-14(2)10-16(21-6-8-23-9-7-21)13-20-17(22)19-12-15-4-3-5-18-11-15/h3-5,11,14,16H,6-10,12-13H2,1-2H3,(H2,19,20,22). The van der Waals surface area contributed by atoms with E-state index in [2.05, 4.69) is 34.4 Å². The summed E-state index contributed by atoms with van der Waals surface area (Å²) in [7, 11) is 0. The SMILES string of the molecule is CC(C)CC(CNC(=O)NCc1cccnc1)N1CCOCC1. The summed E-state index contributed by atoms with van der Waals surface area (Å²) in [5.74, 6) is 0.600. The van der Waals surface area contributed by atoms with E-state index in [-0.39, 0.29) is 6.03 Å². The number of aromatic nitrogens is 1. The summed E-state index contributed by atoms with van der Waals surface area (Å²) >= 11 is 0. The van der Waals surface area contributed by atoms with E-state index < -0.39 is 0 Å². The van der Waals surface area contributed by atoms with Gasteiger partial charge in [-0.1, -0.05) is 19.9 Å². The molecule has 1 aromatic heterocycles. The summed E-state index contributed by atoms with van der Waals surface area (Å²) in [6.45, 7) is 9.03. The summed E-state index contributed by atoms with van der Waals surface area (Å²) in [4.78, 5) is 18.5. The van der Waals surface area contributed by atoms with E-state index in [4.69, 9.17) is 4.74 Å². The molecule has 2 rings (SSSR count). The van der Waals surface area contributed by atoms with Crippen molar-refractivity contribution in [2.24, 2.45) is 5.92 Å². The Kier molecular flexibility index (Phi) is 7.29. The molecule has 2 heterocycles. The number of carbonyl (C=O) groups excluding carboxylic acids is 1. The number of ether oxygens (including phenoxy) is 1. The van der Waals surface area contributed by atoms with Crippen molar-refractivity contribution in [1.29, 1.82) is 0 Å². The number of hydrogen-bond donors (Lipinski definition) is 2. The average Bonchev–Trinajstić information content (AvgIpc) is 2.58. The second-order valence-corrected chi connectivity index (χ2v) is 6.36. The molecule has 0 bridgehead atoms. The number of rotatable bonds is 7. The first-order valence-electron chi connectivity index (χ1n) is 8.37. The molecule has 1 unspecified atom stereocenters. The lowest BCUT2D eigenvalue weighted by Gasteiger charge is -2.35.